The lowest BCUT2D eigenvalue weighted by atomic mass is 9.93. The number of likely N-dealkylation sites (tertiary alicyclic amines) is 1. The summed E-state index contributed by atoms with van der Waals surface area (Å²) in [5.41, 5.74) is 3.33. The van der Waals surface area contributed by atoms with E-state index in [4.69, 9.17) is 11.6 Å². The highest BCUT2D eigenvalue weighted by Gasteiger charge is 2.34. The Balaban J connectivity index is 1.78. The minimum atomic E-state index is -0.330. The van der Waals surface area contributed by atoms with Gasteiger partial charge in [0.05, 0.1) is 0 Å². The lowest BCUT2D eigenvalue weighted by molar-refractivity contribution is -0.119. The molecule has 2 aromatic carbocycles. The van der Waals surface area contributed by atoms with Gasteiger partial charge in [0.1, 0.15) is 5.82 Å². The van der Waals surface area contributed by atoms with Crippen LogP contribution >= 0.6 is 11.6 Å². The third kappa shape index (κ3) is 4.39. The van der Waals surface area contributed by atoms with Crippen LogP contribution in [0.1, 0.15) is 29.5 Å². The van der Waals surface area contributed by atoms with Gasteiger partial charge < -0.3 is 5.32 Å². The Bertz CT molecular complexity index is 763. The molecule has 1 heterocycles. The standard InChI is InChI=1S/C20H22ClFN2O/c1-13-3-5-15(6-4-13)18-11-24(12-20(18)23-14(2)25)10-16-7-8-17(22)9-19(16)21/h3-9,18,20H,10-12H2,1-2H3,(H,23,25)/t18-,20+/m0/s1. The number of rotatable bonds is 4. The molecule has 3 nitrogen and oxygen atoms in total. The zero-order chi connectivity index (χ0) is 18.0. The van der Waals surface area contributed by atoms with Crippen molar-refractivity contribution in [3.05, 3.63) is 70.0 Å². The Morgan fingerprint density at radius 1 is 1.24 bits per heavy atom. The van der Waals surface area contributed by atoms with E-state index in [1.54, 1.807) is 13.0 Å². The average molecular weight is 361 g/mol. The molecule has 25 heavy (non-hydrogen) atoms. The van der Waals surface area contributed by atoms with Gasteiger partial charge >= 0.3 is 0 Å². The summed E-state index contributed by atoms with van der Waals surface area (Å²) in [7, 11) is 0. The van der Waals surface area contributed by atoms with Crippen molar-refractivity contribution in [2.75, 3.05) is 13.1 Å². The molecule has 0 aliphatic carbocycles. The van der Waals surface area contributed by atoms with E-state index in [0.717, 1.165) is 18.7 Å². The number of halogens is 2. The van der Waals surface area contributed by atoms with Crippen LogP contribution in [0.25, 0.3) is 0 Å². The minimum Gasteiger partial charge on any atom is -0.352 e. The second kappa shape index (κ2) is 7.54. The van der Waals surface area contributed by atoms with Crippen molar-refractivity contribution in [3.8, 4) is 0 Å². The summed E-state index contributed by atoms with van der Waals surface area (Å²) in [6, 6.07) is 13.0. The second-order valence-corrected chi connectivity index (χ2v) is 7.16. The molecule has 1 saturated heterocycles. The predicted octanol–water partition coefficient (Wildman–Crippen LogP) is 3.89. The van der Waals surface area contributed by atoms with Crippen molar-refractivity contribution < 1.29 is 9.18 Å². The molecule has 1 N–H and O–H groups in total. The Morgan fingerprint density at radius 3 is 2.60 bits per heavy atom. The molecule has 0 unspecified atom stereocenters. The molecule has 0 saturated carbocycles. The molecule has 2 aromatic rings. The summed E-state index contributed by atoms with van der Waals surface area (Å²) in [5.74, 6) is -0.128. The van der Waals surface area contributed by atoms with Crippen molar-refractivity contribution in [2.45, 2.75) is 32.4 Å². The fourth-order valence-electron chi connectivity index (χ4n) is 3.46. The summed E-state index contributed by atoms with van der Waals surface area (Å²) in [5, 5.41) is 3.51. The Kier molecular flexibility index (Phi) is 5.40. The van der Waals surface area contributed by atoms with Gasteiger partial charge in [-0.2, -0.15) is 0 Å². The summed E-state index contributed by atoms with van der Waals surface area (Å²) in [4.78, 5) is 13.8. The van der Waals surface area contributed by atoms with E-state index >= 15 is 0 Å². The lowest BCUT2D eigenvalue weighted by Gasteiger charge is -2.19. The van der Waals surface area contributed by atoms with Crippen LogP contribution in [0.15, 0.2) is 42.5 Å². The van der Waals surface area contributed by atoms with Crippen LogP contribution in [0.4, 0.5) is 4.39 Å². The highest BCUT2D eigenvalue weighted by molar-refractivity contribution is 6.31. The van der Waals surface area contributed by atoms with E-state index in [9.17, 15) is 9.18 Å². The van der Waals surface area contributed by atoms with E-state index in [0.29, 0.717) is 11.6 Å². The van der Waals surface area contributed by atoms with E-state index in [-0.39, 0.29) is 23.7 Å². The largest absolute Gasteiger partial charge is 0.352 e. The van der Waals surface area contributed by atoms with Crippen molar-refractivity contribution in [1.29, 1.82) is 0 Å². The number of carbonyl (C=O) groups excluding carboxylic acids is 1. The van der Waals surface area contributed by atoms with Crippen LogP contribution in [-0.4, -0.2) is 29.9 Å². The van der Waals surface area contributed by atoms with Crippen molar-refractivity contribution in [3.63, 3.8) is 0 Å². The molecule has 5 heteroatoms. The number of nitrogens with one attached hydrogen (secondary N) is 1. The summed E-state index contributed by atoms with van der Waals surface area (Å²) in [6.45, 7) is 5.81. The van der Waals surface area contributed by atoms with Crippen molar-refractivity contribution >= 4 is 17.5 Å². The average Bonchev–Trinajstić information content (AvgIpc) is 2.92. The molecule has 1 aliphatic rings. The lowest BCUT2D eigenvalue weighted by Crippen LogP contribution is -2.38. The molecule has 1 amide bonds. The summed E-state index contributed by atoms with van der Waals surface area (Å²) in [6.07, 6.45) is 0. The summed E-state index contributed by atoms with van der Waals surface area (Å²) < 4.78 is 13.2. The van der Waals surface area contributed by atoms with Gasteiger partial charge in [0.25, 0.3) is 0 Å². The molecule has 1 fully saturated rings. The van der Waals surface area contributed by atoms with Crippen LogP contribution in [0, 0.1) is 12.7 Å². The number of benzene rings is 2. The van der Waals surface area contributed by atoms with Crippen molar-refractivity contribution in [2.24, 2.45) is 0 Å². The molecule has 3 rings (SSSR count). The van der Waals surface area contributed by atoms with Crippen LogP contribution in [0.5, 0.6) is 0 Å². The molecule has 0 spiro atoms. The molecule has 1 aliphatic heterocycles. The number of aryl methyl sites for hydroxylation is 1. The first kappa shape index (κ1) is 17.9. The Labute approximate surface area is 152 Å². The quantitative estimate of drug-likeness (QED) is 0.897. The summed E-state index contributed by atoms with van der Waals surface area (Å²) >= 11 is 6.16. The van der Waals surface area contributed by atoms with E-state index in [1.807, 2.05) is 0 Å². The number of amides is 1. The Morgan fingerprint density at radius 2 is 1.96 bits per heavy atom. The first-order chi connectivity index (χ1) is 11.9. The molecular weight excluding hydrogens is 339 g/mol. The van der Waals surface area contributed by atoms with Crippen LogP contribution < -0.4 is 5.32 Å². The van der Waals surface area contributed by atoms with E-state index in [1.165, 1.54) is 23.3 Å². The monoisotopic (exact) mass is 360 g/mol. The normalized spacial score (nSPS) is 20.6. The van der Waals surface area contributed by atoms with Crippen LogP contribution in [0.3, 0.4) is 0 Å². The van der Waals surface area contributed by atoms with Crippen molar-refractivity contribution in [1.82, 2.24) is 10.2 Å². The number of hydrogen-bond acceptors (Lipinski definition) is 2. The van der Waals surface area contributed by atoms with Gasteiger partial charge in [0.15, 0.2) is 0 Å². The molecule has 0 aromatic heterocycles. The zero-order valence-electron chi connectivity index (χ0n) is 14.4. The highest BCUT2D eigenvalue weighted by atomic mass is 35.5. The number of carbonyl (C=O) groups is 1. The molecule has 2 atom stereocenters. The minimum absolute atomic E-state index is 0.0243. The van der Waals surface area contributed by atoms with Crippen LogP contribution in [0.2, 0.25) is 5.02 Å². The predicted molar refractivity (Wildman–Crippen MR) is 98.2 cm³/mol. The maximum atomic E-state index is 13.2. The topological polar surface area (TPSA) is 32.3 Å². The third-order valence-electron chi connectivity index (χ3n) is 4.70. The molecule has 0 bridgehead atoms. The maximum absolute atomic E-state index is 13.2. The Hall–Kier alpha value is -1.91. The smallest absolute Gasteiger partial charge is 0.217 e. The second-order valence-electron chi connectivity index (χ2n) is 6.75. The molecule has 132 valence electrons. The molecular formula is C20H22ClFN2O. The van der Waals surface area contributed by atoms with Gasteiger partial charge in [-0.05, 0) is 30.2 Å². The maximum Gasteiger partial charge on any atom is 0.217 e. The molecule has 0 radical (unpaired) electrons. The van der Waals surface area contributed by atoms with Crippen LogP contribution in [-0.2, 0) is 11.3 Å². The van der Waals surface area contributed by atoms with E-state index < -0.39 is 0 Å². The third-order valence-corrected chi connectivity index (χ3v) is 5.05. The number of nitrogens with zero attached hydrogens (tertiary/aromatic N) is 1. The van der Waals surface area contributed by atoms with Gasteiger partial charge in [-0.1, -0.05) is 47.5 Å². The zero-order valence-corrected chi connectivity index (χ0v) is 15.2. The fourth-order valence-corrected chi connectivity index (χ4v) is 3.69. The fraction of sp³-hybridized carbons (Fsp3) is 0.350. The van der Waals surface area contributed by atoms with Gasteiger partial charge in [-0.3, -0.25) is 9.69 Å². The first-order valence-electron chi connectivity index (χ1n) is 8.42. The highest BCUT2D eigenvalue weighted by Crippen LogP contribution is 2.30. The van der Waals surface area contributed by atoms with Gasteiger partial charge in [-0.25, -0.2) is 4.39 Å². The first-order valence-corrected chi connectivity index (χ1v) is 8.80. The van der Waals surface area contributed by atoms with Gasteiger partial charge in [0, 0.05) is 43.5 Å². The van der Waals surface area contributed by atoms with Gasteiger partial charge in [0.2, 0.25) is 5.91 Å². The van der Waals surface area contributed by atoms with Gasteiger partial charge in [-0.15, -0.1) is 0 Å². The SMILES string of the molecule is CC(=O)N[C@@H]1CN(Cc2ccc(F)cc2Cl)C[C@H]1c1ccc(C)cc1. The number of hydrogen-bond donors (Lipinski definition) is 1. The van der Waals surface area contributed by atoms with E-state index in [2.05, 4.69) is 41.4 Å².